The zero-order valence-electron chi connectivity index (χ0n) is 19.7. The van der Waals surface area contributed by atoms with Crippen LogP contribution in [0.3, 0.4) is 0 Å². The number of carbonyl (C=O) groups is 2. The van der Waals surface area contributed by atoms with E-state index in [2.05, 4.69) is 41.4 Å². The van der Waals surface area contributed by atoms with E-state index >= 15 is 0 Å². The Morgan fingerprint density at radius 1 is 0.722 bits per heavy atom. The van der Waals surface area contributed by atoms with Crippen molar-refractivity contribution in [1.29, 1.82) is 0 Å². The van der Waals surface area contributed by atoms with Gasteiger partial charge in [0.15, 0.2) is 5.78 Å². The third-order valence-electron chi connectivity index (χ3n) is 6.28. The van der Waals surface area contributed by atoms with Crippen molar-refractivity contribution in [2.75, 3.05) is 13.2 Å². The van der Waals surface area contributed by atoms with Crippen molar-refractivity contribution < 1.29 is 14.3 Å². The maximum Gasteiger partial charge on any atom is 0.407 e. The van der Waals surface area contributed by atoms with E-state index in [9.17, 15) is 9.59 Å². The zero-order chi connectivity index (χ0) is 24.7. The molecule has 0 bridgehead atoms. The summed E-state index contributed by atoms with van der Waals surface area (Å²) in [6.07, 6.45) is 0.0527. The molecule has 4 heteroatoms. The van der Waals surface area contributed by atoms with E-state index in [-0.39, 0.29) is 11.7 Å². The van der Waals surface area contributed by atoms with Crippen LogP contribution in [0.25, 0.3) is 11.1 Å². The molecule has 0 radical (unpaired) electrons. The second-order valence-electron chi connectivity index (χ2n) is 8.58. The quantitative estimate of drug-likeness (QED) is 0.207. The molecule has 4 aromatic rings. The van der Waals surface area contributed by atoms with Crippen LogP contribution in [0, 0.1) is 11.8 Å². The van der Waals surface area contributed by atoms with Gasteiger partial charge in [0, 0.05) is 35.6 Å². The fourth-order valence-corrected chi connectivity index (χ4v) is 4.50. The zero-order valence-corrected chi connectivity index (χ0v) is 19.7. The van der Waals surface area contributed by atoms with E-state index in [1.54, 1.807) is 24.3 Å². The van der Waals surface area contributed by atoms with E-state index in [1.165, 1.54) is 22.3 Å². The summed E-state index contributed by atoms with van der Waals surface area (Å²) in [6.45, 7) is 0.688. The number of alkyl carbamates (subject to hydrolysis) is 1. The summed E-state index contributed by atoms with van der Waals surface area (Å²) in [7, 11) is 0. The Morgan fingerprint density at radius 3 is 1.97 bits per heavy atom. The minimum absolute atomic E-state index is 0.0117. The topological polar surface area (TPSA) is 55.4 Å². The molecule has 5 rings (SSSR count). The molecule has 1 aliphatic rings. The minimum Gasteiger partial charge on any atom is -0.449 e. The van der Waals surface area contributed by atoms with Crippen LogP contribution in [-0.2, 0) is 4.74 Å². The maximum absolute atomic E-state index is 12.5. The Balaban J connectivity index is 1.09. The van der Waals surface area contributed by atoms with Crippen LogP contribution >= 0.6 is 0 Å². The van der Waals surface area contributed by atoms with Crippen LogP contribution in [0.15, 0.2) is 103 Å². The molecule has 1 N–H and O–H groups in total. The molecule has 176 valence electrons. The third-order valence-corrected chi connectivity index (χ3v) is 6.28. The first-order chi connectivity index (χ1) is 17.7. The molecule has 4 aromatic carbocycles. The van der Waals surface area contributed by atoms with E-state index in [0.717, 1.165) is 5.56 Å². The van der Waals surface area contributed by atoms with Gasteiger partial charge < -0.3 is 10.1 Å². The van der Waals surface area contributed by atoms with Gasteiger partial charge in [-0.25, -0.2) is 4.79 Å². The van der Waals surface area contributed by atoms with Crippen LogP contribution in [0.1, 0.15) is 45.0 Å². The van der Waals surface area contributed by atoms with Crippen molar-refractivity contribution in [3.05, 3.63) is 131 Å². The number of ketones is 1. The molecule has 0 unspecified atom stereocenters. The van der Waals surface area contributed by atoms with Crippen LogP contribution in [0.5, 0.6) is 0 Å². The van der Waals surface area contributed by atoms with Crippen molar-refractivity contribution in [2.24, 2.45) is 0 Å². The lowest BCUT2D eigenvalue weighted by Crippen LogP contribution is -2.26. The summed E-state index contributed by atoms with van der Waals surface area (Å²) in [5.74, 6) is 6.15. The van der Waals surface area contributed by atoms with Gasteiger partial charge in [-0.2, -0.15) is 0 Å². The minimum atomic E-state index is -0.442. The Bertz CT molecular complexity index is 1400. The molecule has 0 fully saturated rings. The average molecular weight is 472 g/mol. The first-order valence-corrected chi connectivity index (χ1v) is 12.0. The Hall–Kier alpha value is -4.62. The standard InChI is InChI=1S/C32H25NO3/c34-31(24-11-2-1-3-12-24)25-19-17-23(18-20-25)10-8-9-21-33-32(35)36-22-30-28-15-6-4-13-26(28)27-14-5-7-16-29(27)30/h1-7,11-20,30H,9,21-22H2,(H,33,35). The molecule has 0 heterocycles. The highest BCUT2D eigenvalue weighted by molar-refractivity contribution is 6.08. The Kier molecular flexibility index (Phi) is 6.91. The molecule has 1 aliphatic carbocycles. The van der Waals surface area contributed by atoms with Crippen LogP contribution < -0.4 is 5.32 Å². The first kappa shape index (κ1) is 23.1. The molecule has 0 spiro atoms. The Morgan fingerprint density at radius 2 is 1.31 bits per heavy atom. The molecule has 1 amide bonds. The average Bonchev–Trinajstić information content (AvgIpc) is 3.26. The molecule has 0 aromatic heterocycles. The number of hydrogen-bond acceptors (Lipinski definition) is 3. The second-order valence-corrected chi connectivity index (χ2v) is 8.58. The molecule has 0 saturated carbocycles. The molecule has 0 aliphatic heterocycles. The normalized spacial score (nSPS) is 11.6. The number of ether oxygens (including phenoxy) is 1. The predicted molar refractivity (Wildman–Crippen MR) is 141 cm³/mol. The van der Waals surface area contributed by atoms with Gasteiger partial charge in [0.2, 0.25) is 0 Å². The summed E-state index contributed by atoms with van der Waals surface area (Å²) in [5.41, 5.74) is 6.90. The lowest BCUT2D eigenvalue weighted by Gasteiger charge is -2.14. The summed E-state index contributed by atoms with van der Waals surface area (Å²) in [4.78, 5) is 24.8. The van der Waals surface area contributed by atoms with Gasteiger partial charge in [0.05, 0.1) is 0 Å². The predicted octanol–water partition coefficient (Wildman–Crippen LogP) is 6.20. The number of fused-ring (bicyclic) bond motifs is 3. The van der Waals surface area contributed by atoms with Crippen LogP contribution in [-0.4, -0.2) is 25.0 Å². The van der Waals surface area contributed by atoms with E-state index in [0.29, 0.717) is 30.7 Å². The number of amides is 1. The highest BCUT2D eigenvalue weighted by Gasteiger charge is 2.28. The van der Waals surface area contributed by atoms with E-state index in [1.807, 2.05) is 54.6 Å². The number of nitrogens with one attached hydrogen (secondary N) is 1. The molecule has 4 nitrogen and oxygen atoms in total. The van der Waals surface area contributed by atoms with Gasteiger partial charge in [0.1, 0.15) is 6.61 Å². The summed E-state index contributed by atoms with van der Waals surface area (Å²) >= 11 is 0. The van der Waals surface area contributed by atoms with Crippen molar-refractivity contribution in [3.63, 3.8) is 0 Å². The molecule has 0 saturated heterocycles. The van der Waals surface area contributed by atoms with Gasteiger partial charge >= 0.3 is 6.09 Å². The number of benzene rings is 4. The van der Waals surface area contributed by atoms with E-state index in [4.69, 9.17) is 4.74 Å². The molecular weight excluding hydrogens is 446 g/mol. The van der Waals surface area contributed by atoms with Crippen molar-refractivity contribution in [3.8, 4) is 23.0 Å². The van der Waals surface area contributed by atoms with Crippen molar-refractivity contribution in [1.82, 2.24) is 5.32 Å². The summed E-state index contributed by atoms with van der Waals surface area (Å²) in [6, 6.07) is 33.0. The first-order valence-electron chi connectivity index (χ1n) is 12.0. The van der Waals surface area contributed by atoms with Gasteiger partial charge in [-0.15, -0.1) is 0 Å². The van der Waals surface area contributed by atoms with Gasteiger partial charge in [0.25, 0.3) is 0 Å². The fourth-order valence-electron chi connectivity index (χ4n) is 4.50. The highest BCUT2D eigenvalue weighted by atomic mass is 16.5. The smallest absolute Gasteiger partial charge is 0.407 e. The second kappa shape index (κ2) is 10.8. The van der Waals surface area contributed by atoms with E-state index < -0.39 is 6.09 Å². The highest BCUT2D eigenvalue weighted by Crippen LogP contribution is 2.44. The van der Waals surface area contributed by atoms with Crippen molar-refractivity contribution >= 4 is 11.9 Å². The van der Waals surface area contributed by atoms with Gasteiger partial charge in [-0.05, 0) is 46.5 Å². The molecular formula is C32H25NO3. The van der Waals surface area contributed by atoms with Crippen molar-refractivity contribution in [2.45, 2.75) is 12.3 Å². The lowest BCUT2D eigenvalue weighted by molar-refractivity contribution is 0.103. The molecule has 0 atom stereocenters. The number of rotatable bonds is 6. The lowest BCUT2D eigenvalue weighted by atomic mass is 9.98. The molecule has 36 heavy (non-hydrogen) atoms. The Labute approximate surface area is 211 Å². The fraction of sp³-hybridized carbons (Fsp3) is 0.125. The van der Waals surface area contributed by atoms with Crippen LogP contribution in [0.2, 0.25) is 0 Å². The SMILES string of the molecule is O=C(NCCC#Cc1ccc(C(=O)c2ccccc2)cc1)OCC1c2ccccc2-c2ccccc21. The largest absolute Gasteiger partial charge is 0.449 e. The van der Waals surface area contributed by atoms with Gasteiger partial charge in [-0.1, -0.05) is 90.7 Å². The summed E-state index contributed by atoms with van der Waals surface area (Å²) in [5, 5.41) is 2.77. The third kappa shape index (κ3) is 5.06. The monoisotopic (exact) mass is 471 g/mol. The van der Waals surface area contributed by atoms with Crippen LogP contribution in [0.4, 0.5) is 4.79 Å². The van der Waals surface area contributed by atoms with Gasteiger partial charge in [-0.3, -0.25) is 4.79 Å². The maximum atomic E-state index is 12.5. The summed E-state index contributed by atoms with van der Waals surface area (Å²) < 4.78 is 5.55. The number of hydrogen-bond donors (Lipinski definition) is 1. The number of carbonyl (C=O) groups excluding carboxylic acids is 2.